The number of piperidine rings is 1. The van der Waals surface area contributed by atoms with E-state index in [1.165, 1.54) is 12.0 Å². The van der Waals surface area contributed by atoms with Crippen LogP contribution in [0.2, 0.25) is 0 Å². The Hall–Kier alpha value is -1.27. The van der Waals surface area contributed by atoms with E-state index in [0.717, 1.165) is 42.5 Å². The Bertz CT molecular complexity index is 460. The highest BCUT2D eigenvalue weighted by Crippen LogP contribution is 2.32. The molecule has 1 aromatic rings. The zero-order valence-corrected chi connectivity index (χ0v) is 12.9. The van der Waals surface area contributed by atoms with Crippen LogP contribution in [0.4, 0.5) is 11.4 Å². The molecule has 0 amide bonds. The lowest BCUT2D eigenvalue weighted by Gasteiger charge is -2.34. The van der Waals surface area contributed by atoms with Gasteiger partial charge in [-0.1, -0.05) is 5.16 Å². The minimum Gasteiger partial charge on any atom is -0.410 e. The van der Waals surface area contributed by atoms with Gasteiger partial charge in [-0.05, 0) is 59.3 Å². The Morgan fingerprint density at radius 2 is 2.15 bits per heavy atom. The number of halogens is 1. The number of aliphatic hydroxyl groups is 1. The topological polar surface area (TPSA) is 68.1 Å². The molecule has 0 unspecified atom stereocenters. The summed E-state index contributed by atoms with van der Waals surface area (Å²) in [7, 11) is 0. The SMILES string of the molecule is OCCC1CCN(c2ccc(N/C=N/O)cc2Br)CC1. The van der Waals surface area contributed by atoms with Gasteiger partial charge in [0, 0.05) is 29.9 Å². The standard InChI is InChI=1S/C14H20BrN3O2/c15-13-9-12(16-10-17-20)1-2-14(13)18-6-3-11(4-7-18)5-8-19/h1-2,9-11,19-20H,3-8H2,(H,16,17). The van der Waals surface area contributed by atoms with Crippen LogP contribution in [-0.4, -0.2) is 36.3 Å². The number of hydrogen-bond acceptors (Lipinski definition) is 4. The van der Waals surface area contributed by atoms with Gasteiger partial charge in [0.25, 0.3) is 0 Å². The molecule has 6 heteroatoms. The lowest BCUT2D eigenvalue weighted by Crippen LogP contribution is -2.34. The zero-order chi connectivity index (χ0) is 14.4. The van der Waals surface area contributed by atoms with Crippen LogP contribution in [0.3, 0.4) is 0 Å². The Kier molecular flexibility index (Phi) is 5.67. The number of nitrogens with zero attached hydrogens (tertiary/aromatic N) is 2. The number of benzene rings is 1. The van der Waals surface area contributed by atoms with Crippen LogP contribution in [0.1, 0.15) is 19.3 Å². The molecular weight excluding hydrogens is 322 g/mol. The molecule has 0 bridgehead atoms. The van der Waals surface area contributed by atoms with E-state index in [1.807, 2.05) is 12.1 Å². The third-order valence-corrected chi connectivity index (χ3v) is 4.36. The predicted molar refractivity (Wildman–Crippen MR) is 84.7 cm³/mol. The van der Waals surface area contributed by atoms with Crippen molar-refractivity contribution in [3.05, 3.63) is 22.7 Å². The van der Waals surface area contributed by atoms with Crippen LogP contribution in [0.5, 0.6) is 0 Å². The van der Waals surface area contributed by atoms with Crippen molar-refractivity contribution in [2.45, 2.75) is 19.3 Å². The summed E-state index contributed by atoms with van der Waals surface area (Å²) in [6, 6.07) is 5.99. The molecular formula is C14H20BrN3O2. The van der Waals surface area contributed by atoms with Crippen LogP contribution in [0, 0.1) is 5.92 Å². The average Bonchev–Trinajstić information content (AvgIpc) is 2.47. The number of oxime groups is 1. The highest BCUT2D eigenvalue weighted by Gasteiger charge is 2.20. The second-order valence-electron chi connectivity index (χ2n) is 5.00. The molecule has 0 aliphatic carbocycles. The third kappa shape index (κ3) is 3.86. The number of hydrogen-bond donors (Lipinski definition) is 3. The highest BCUT2D eigenvalue weighted by molar-refractivity contribution is 9.10. The summed E-state index contributed by atoms with van der Waals surface area (Å²) in [5, 5.41) is 23.2. The van der Waals surface area contributed by atoms with Gasteiger partial charge < -0.3 is 20.5 Å². The average molecular weight is 342 g/mol. The molecule has 0 radical (unpaired) electrons. The van der Waals surface area contributed by atoms with Gasteiger partial charge >= 0.3 is 0 Å². The first-order valence-corrected chi connectivity index (χ1v) is 7.61. The maximum atomic E-state index is 8.99. The Morgan fingerprint density at radius 3 is 2.75 bits per heavy atom. The molecule has 1 aliphatic rings. The lowest BCUT2D eigenvalue weighted by molar-refractivity contribution is 0.240. The molecule has 0 aromatic heterocycles. The van der Waals surface area contributed by atoms with E-state index < -0.39 is 0 Å². The van der Waals surface area contributed by atoms with Gasteiger partial charge in [0.05, 0.1) is 5.69 Å². The fraction of sp³-hybridized carbons (Fsp3) is 0.500. The van der Waals surface area contributed by atoms with Gasteiger partial charge in [0.1, 0.15) is 6.34 Å². The van der Waals surface area contributed by atoms with E-state index in [-0.39, 0.29) is 0 Å². The number of nitrogens with one attached hydrogen (secondary N) is 1. The van der Waals surface area contributed by atoms with Crippen molar-refractivity contribution in [3.8, 4) is 0 Å². The van der Waals surface area contributed by atoms with E-state index in [2.05, 4.69) is 37.4 Å². The zero-order valence-electron chi connectivity index (χ0n) is 11.3. The summed E-state index contributed by atoms with van der Waals surface area (Å²) in [5.74, 6) is 0.650. The van der Waals surface area contributed by atoms with E-state index in [0.29, 0.717) is 12.5 Å². The van der Waals surface area contributed by atoms with Gasteiger partial charge in [-0.3, -0.25) is 0 Å². The van der Waals surface area contributed by atoms with E-state index >= 15 is 0 Å². The molecule has 20 heavy (non-hydrogen) atoms. The Labute approximate surface area is 127 Å². The summed E-state index contributed by atoms with van der Waals surface area (Å²) in [6.45, 7) is 2.34. The van der Waals surface area contributed by atoms with Crippen LogP contribution < -0.4 is 10.2 Å². The third-order valence-electron chi connectivity index (χ3n) is 3.73. The van der Waals surface area contributed by atoms with Crippen molar-refractivity contribution < 1.29 is 10.3 Å². The number of anilines is 2. The maximum Gasteiger partial charge on any atom is 0.132 e. The van der Waals surface area contributed by atoms with Crippen molar-refractivity contribution in [2.24, 2.45) is 11.1 Å². The monoisotopic (exact) mass is 341 g/mol. The van der Waals surface area contributed by atoms with Crippen molar-refractivity contribution in [2.75, 3.05) is 29.9 Å². The highest BCUT2D eigenvalue weighted by atomic mass is 79.9. The number of aliphatic hydroxyl groups excluding tert-OH is 1. The summed E-state index contributed by atoms with van der Waals surface area (Å²) in [4.78, 5) is 2.36. The van der Waals surface area contributed by atoms with Crippen LogP contribution >= 0.6 is 15.9 Å². The molecule has 1 fully saturated rings. The summed E-state index contributed by atoms with van der Waals surface area (Å²) < 4.78 is 1.02. The summed E-state index contributed by atoms with van der Waals surface area (Å²) >= 11 is 3.59. The molecule has 1 aromatic carbocycles. The van der Waals surface area contributed by atoms with Crippen LogP contribution in [0.15, 0.2) is 27.8 Å². The molecule has 1 heterocycles. The fourth-order valence-corrected chi connectivity index (χ4v) is 3.23. The van der Waals surface area contributed by atoms with Crippen LogP contribution in [0.25, 0.3) is 0 Å². The maximum absolute atomic E-state index is 8.99. The normalized spacial score (nSPS) is 16.8. The molecule has 1 aliphatic heterocycles. The van der Waals surface area contributed by atoms with Crippen molar-refractivity contribution in [1.82, 2.24) is 0 Å². The molecule has 1 saturated heterocycles. The number of rotatable bonds is 5. The Morgan fingerprint density at radius 1 is 1.40 bits per heavy atom. The lowest BCUT2D eigenvalue weighted by atomic mass is 9.93. The smallest absolute Gasteiger partial charge is 0.132 e. The van der Waals surface area contributed by atoms with Crippen molar-refractivity contribution in [3.63, 3.8) is 0 Å². The molecule has 110 valence electrons. The first-order chi connectivity index (χ1) is 9.74. The second-order valence-corrected chi connectivity index (χ2v) is 5.85. The van der Waals surface area contributed by atoms with Gasteiger partial charge in [0.15, 0.2) is 0 Å². The molecule has 2 rings (SSSR count). The summed E-state index contributed by atoms with van der Waals surface area (Å²) in [5.41, 5.74) is 2.05. The van der Waals surface area contributed by atoms with Gasteiger partial charge in [-0.25, -0.2) is 0 Å². The second kappa shape index (κ2) is 7.50. The first-order valence-electron chi connectivity index (χ1n) is 6.82. The van der Waals surface area contributed by atoms with Crippen molar-refractivity contribution in [1.29, 1.82) is 0 Å². The largest absolute Gasteiger partial charge is 0.410 e. The quantitative estimate of drug-likeness (QED) is 0.333. The molecule has 0 spiro atoms. The fourth-order valence-electron chi connectivity index (χ4n) is 2.60. The minimum atomic E-state index is 0.293. The van der Waals surface area contributed by atoms with Crippen molar-refractivity contribution >= 4 is 33.6 Å². The van der Waals surface area contributed by atoms with E-state index in [9.17, 15) is 0 Å². The van der Waals surface area contributed by atoms with Crippen LogP contribution in [-0.2, 0) is 0 Å². The Balaban J connectivity index is 1.99. The first kappa shape index (κ1) is 15.1. The van der Waals surface area contributed by atoms with Gasteiger partial charge in [0.2, 0.25) is 0 Å². The van der Waals surface area contributed by atoms with E-state index in [1.54, 1.807) is 0 Å². The molecule has 3 N–H and O–H groups in total. The van der Waals surface area contributed by atoms with E-state index in [4.69, 9.17) is 10.3 Å². The summed E-state index contributed by atoms with van der Waals surface area (Å²) in [6.07, 6.45) is 4.41. The predicted octanol–water partition coefficient (Wildman–Crippen LogP) is 2.88. The molecule has 5 nitrogen and oxygen atoms in total. The van der Waals surface area contributed by atoms with Gasteiger partial charge in [-0.15, -0.1) is 0 Å². The van der Waals surface area contributed by atoms with Gasteiger partial charge in [-0.2, -0.15) is 0 Å². The molecule has 0 atom stereocenters. The minimum absolute atomic E-state index is 0.293. The molecule has 0 saturated carbocycles.